The van der Waals surface area contributed by atoms with Crippen LogP contribution < -0.4 is 11.1 Å². The van der Waals surface area contributed by atoms with E-state index in [0.717, 1.165) is 37.8 Å². The Balaban J connectivity index is 2.18. The van der Waals surface area contributed by atoms with Crippen molar-refractivity contribution in [3.8, 4) is 0 Å². The first-order valence-electron chi connectivity index (χ1n) is 6.62. The van der Waals surface area contributed by atoms with Gasteiger partial charge >= 0.3 is 6.18 Å². The first-order chi connectivity index (χ1) is 9.40. The van der Waals surface area contributed by atoms with Crippen molar-refractivity contribution in [2.24, 2.45) is 5.92 Å². The topological polar surface area (TPSA) is 71.2 Å². The molecule has 4 N–H and O–H groups in total. The van der Waals surface area contributed by atoms with E-state index in [-0.39, 0.29) is 30.2 Å². The Labute approximate surface area is 115 Å². The number of aromatic nitrogens is 1. The van der Waals surface area contributed by atoms with E-state index in [1.807, 2.05) is 0 Å². The molecule has 1 heterocycles. The van der Waals surface area contributed by atoms with Crippen LogP contribution in [-0.2, 0) is 6.18 Å². The van der Waals surface area contributed by atoms with Gasteiger partial charge in [-0.3, -0.25) is 0 Å². The summed E-state index contributed by atoms with van der Waals surface area (Å²) in [6, 6.07) is 1.71. The third kappa shape index (κ3) is 3.53. The summed E-state index contributed by atoms with van der Waals surface area (Å²) in [6.07, 6.45) is -0.758. The zero-order chi connectivity index (χ0) is 14.8. The molecule has 0 aromatic carbocycles. The van der Waals surface area contributed by atoms with Gasteiger partial charge in [-0.15, -0.1) is 0 Å². The van der Waals surface area contributed by atoms with Gasteiger partial charge in [0, 0.05) is 18.6 Å². The number of nitrogen functional groups attached to an aromatic ring is 1. The number of nitrogens with one attached hydrogen (secondary N) is 1. The SMILES string of the molecule is Nc1cc(C(F)(F)F)cc(NC2CCCCC2CO)n1. The highest BCUT2D eigenvalue weighted by Gasteiger charge is 2.32. The Morgan fingerprint density at radius 3 is 2.65 bits per heavy atom. The lowest BCUT2D eigenvalue weighted by Crippen LogP contribution is -2.34. The summed E-state index contributed by atoms with van der Waals surface area (Å²) in [4.78, 5) is 3.90. The quantitative estimate of drug-likeness (QED) is 0.800. The normalized spacial score (nSPS) is 23.6. The molecule has 1 aromatic heterocycles. The van der Waals surface area contributed by atoms with E-state index in [2.05, 4.69) is 10.3 Å². The Morgan fingerprint density at radius 2 is 2.00 bits per heavy atom. The molecule has 0 amide bonds. The highest BCUT2D eigenvalue weighted by atomic mass is 19.4. The molecule has 1 aliphatic rings. The van der Waals surface area contributed by atoms with E-state index in [9.17, 15) is 18.3 Å². The van der Waals surface area contributed by atoms with Crippen molar-refractivity contribution >= 4 is 11.6 Å². The predicted octanol–water partition coefficient (Wildman–Crippen LogP) is 2.65. The molecule has 7 heteroatoms. The Morgan fingerprint density at radius 1 is 1.30 bits per heavy atom. The second-order valence-electron chi connectivity index (χ2n) is 5.14. The van der Waals surface area contributed by atoms with Gasteiger partial charge < -0.3 is 16.2 Å². The molecule has 1 aliphatic carbocycles. The van der Waals surface area contributed by atoms with Gasteiger partial charge in [0.25, 0.3) is 0 Å². The van der Waals surface area contributed by atoms with Gasteiger partial charge in [0.1, 0.15) is 11.6 Å². The third-order valence-corrected chi connectivity index (χ3v) is 3.65. The molecule has 112 valence electrons. The van der Waals surface area contributed by atoms with Crippen LogP contribution in [0.2, 0.25) is 0 Å². The van der Waals surface area contributed by atoms with E-state index in [1.165, 1.54) is 0 Å². The smallest absolute Gasteiger partial charge is 0.396 e. The molecule has 2 atom stereocenters. The van der Waals surface area contributed by atoms with Crippen molar-refractivity contribution in [1.82, 2.24) is 4.98 Å². The average Bonchev–Trinajstić information content (AvgIpc) is 2.37. The largest absolute Gasteiger partial charge is 0.416 e. The first-order valence-corrected chi connectivity index (χ1v) is 6.62. The zero-order valence-electron chi connectivity index (χ0n) is 11.0. The number of anilines is 2. The lowest BCUT2D eigenvalue weighted by Gasteiger charge is -2.31. The Hall–Kier alpha value is -1.50. The highest BCUT2D eigenvalue weighted by Crippen LogP contribution is 2.33. The van der Waals surface area contributed by atoms with Gasteiger partial charge in [-0.25, -0.2) is 4.98 Å². The minimum Gasteiger partial charge on any atom is -0.396 e. The van der Waals surface area contributed by atoms with Gasteiger partial charge in [0.2, 0.25) is 0 Å². The summed E-state index contributed by atoms with van der Waals surface area (Å²) in [5, 5.41) is 12.3. The number of hydrogen-bond acceptors (Lipinski definition) is 4. The Kier molecular flexibility index (Phi) is 4.37. The minimum absolute atomic E-state index is 0.0200. The van der Waals surface area contributed by atoms with Gasteiger partial charge in [-0.1, -0.05) is 12.8 Å². The summed E-state index contributed by atoms with van der Waals surface area (Å²) >= 11 is 0. The van der Waals surface area contributed by atoms with Gasteiger partial charge in [-0.2, -0.15) is 13.2 Å². The fourth-order valence-electron chi connectivity index (χ4n) is 2.60. The van der Waals surface area contributed by atoms with Crippen molar-refractivity contribution in [2.45, 2.75) is 37.9 Å². The molecular formula is C13H18F3N3O. The standard InChI is InChI=1S/C13H18F3N3O/c14-13(15,16)9-5-11(17)19-12(6-9)18-10-4-2-1-3-8(10)7-20/h5-6,8,10,20H,1-4,7H2,(H3,17,18,19). The van der Waals surface area contributed by atoms with Crippen molar-refractivity contribution in [3.63, 3.8) is 0 Å². The van der Waals surface area contributed by atoms with E-state index in [4.69, 9.17) is 5.73 Å². The molecule has 0 aliphatic heterocycles. The van der Waals surface area contributed by atoms with E-state index in [1.54, 1.807) is 0 Å². The maximum Gasteiger partial charge on any atom is 0.416 e. The Bertz CT molecular complexity index is 465. The van der Waals surface area contributed by atoms with E-state index >= 15 is 0 Å². The van der Waals surface area contributed by atoms with Crippen LogP contribution in [0.25, 0.3) is 0 Å². The van der Waals surface area contributed by atoms with Crippen LogP contribution in [0.3, 0.4) is 0 Å². The average molecular weight is 289 g/mol. The molecule has 1 saturated carbocycles. The lowest BCUT2D eigenvalue weighted by atomic mass is 9.85. The monoisotopic (exact) mass is 289 g/mol. The van der Waals surface area contributed by atoms with Gasteiger partial charge in [0.05, 0.1) is 5.56 Å². The number of nitrogens with zero attached hydrogens (tertiary/aromatic N) is 1. The van der Waals surface area contributed by atoms with Crippen LogP contribution in [0.1, 0.15) is 31.2 Å². The summed E-state index contributed by atoms with van der Waals surface area (Å²) in [6.45, 7) is 0.0200. The number of pyridine rings is 1. The van der Waals surface area contributed by atoms with Gasteiger partial charge in [-0.05, 0) is 25.0 Å². The fraction of sp³-hybridized carbons (Fsp3) is 0.615. The van der Waals surface area contributed by atoms with Crippen LogP contribution in [-0.4, -0.2) is 22.7 Å². The van der Waals surface area contributed by atoms with Crippen molar-refractivity contribution < 1.29 is 18.3 Å². The maximum atomic E-state index is 12.7. The molecule has 1 aromatic rings. The van der Waals surface area contributed by atoms with Crippen molar-refractivity contribution in [2.75, 3.05) is 17.7 Å². The number of hydrogen-bond donors (Lipinski definition) is 3. The maximum absolute atomic E-state index is 12.7. The van der Waals surface area contributed by atoms with Gasteiger partial charge in [0.15, 0.2) is 0 Å². The number of aliphatic hydroxyl groups is 1. The number of nitrogens with two attached hydrogens (primary N) is 1. The molecule has 20 heavy (non-hydrogen) atoms. The fourth-order valence-corrected chi connectivity index (χ4v) is 2.60. The van der Waals surface area contributed by atoms with Crippen LogP contribution in [0.15, 0.2) is 12.1 Å². The summed E-state index contributed by atoms with van der Waals surface area (Å²) in [5.41, 5.74) is 4.61. The molecule has 2 unspecified atom stereocenters. The molecule has 0 spiro atoms. The number of aliphatic hydroxyl groups excluding tert-OH is 1. The molecule has 2 rings (SSSR count). The lowest BCUT2D eigenvalue weighted by molar-refractivity contribution is -0.137. The van der Waals surface area contributed by atoms with E-state index < -0.39 is 11.7 Å². The summed E-state index contributed by atoms with van der Waals surface area (Å²) in [5.74, 6) is -0.0114. The number of rotatable bonds is 3. The first kappa shape index (κ1) is 14.9. The second-order valence-corrected chi connectivity index (χ2v) is 5.14. The number of alkyl halides is 3. The van der Waals surface area contributed by atoms with Crippen LogP contribution in [0.5, 0.6) is 0 Å². The van der Waals surface area contributed by atoms with Crippen LogP contribution >= 0.6 is 0 Å². The third-order valence-electron chi connectivity index (χ3n) is 3.65. The molecule has 0 saturated heterocycles. The van der Waals surface area contributed by atoms with Crippen molar-refractivity contribution in [1.29, 1.82) is 0 Å². The zero-order valence-corrected chi connectivity index (χ0v) is 11.0. The second kappa shape index (κ2) is 5.87. The molecule has 0 radical (unpaired) electrons. The predicted molar refractivity (Wildman–Crippen MR) is 70.1 cm³/mol. The molecule has 4 nitrogen and oxygen atoms in total. The highest BCUT2D eigenvalue weighted by molar-refractivity contribution is 5.48. The van der Waals surface area contributed by atoms with Crippen LogP contribution in [0.4, 0.5) is 24.8 Å². The summed E-state index contributed by atoms with van der Waals surface area (Å²) in [7, 11) is 0. The van der Waals surface area contributed by atoms with Crippen molar-refractivity contribution in [3.05, 3.63) is 17.7 Å². The number of halogens is 3. The molecular weight excluding hydrogens is 271 g/mol. The molecule has 1 fully saturated rings. The minimum atomic E-state index is -4.45. The molecule has 0 bridgehead atoms. The summed E-state index contributed by atoms with van der Waals surface area (Å²) < 4.78 is 38.2. The van der Waals surface area contributed by atoms with Crippen LogP contribution in [0, 0.1) is 5.92 Å². The van der Waals surface area contributed by atoms with E-state index in [0.29, 0.717) is 0 Å².